The molecule has 0 saturated carbocycles. The average Bonchev–Trinajstić information content (AvgIpc) is 2.50. The Morgan fingerprint density at radius 2 is 1.86 bits per heavy atom. The van der Waals surface area contributed by atoms with Crippen LogP contribution >= 0.6 is 15.9 Å². The maximum Gasteiger partial charge on any atom is 0.258 e. The van der Waals surface area contributed by atoms with Crippen LogP contribution in [0.4, 0.5) is 5.69 Å². The van der Waals surface area contributed by atoms with E-state index in [1.807, 2.05) is 63.2 Å². The van der Waals surface area contributed by atoms with Gasteiger partial charge in [-0.15, -0.1) is 0 Å². The van der Waals surface area contributed by atoms with Crippen molar-refractivity contribution in [3.63, 3.8) is 0 Å². The second-order valence-corrected chi connectivity index (χ2v) is 6.05. The van der Waals surface area contributed by atoms with Crippen molar-refractivity contribution in [3.05, 3.63) is 58.6 Å². The van der Waals surface area contributed by atoms with Crippen LogP contribution < -0.4 is 9.64 Å². The third kappa shape index (κ3) is 3.89. The quantitative estimate of drug-likeness (QED) is 0.757. The predicted octanol–water partition coefficient (Wildman–Crippen LogP) is 4.90. The maximum absolute atomic E-state index is 12.7. The molecule has 0 aliphatic heterocycles. The van der Waals surface area contributed by atoms with Crippen LogP contribution in [0, 0.1) is 0 Å². The van der Waals surface area contributed by atoms with Gasteiger partial charge in [0.2, 0.25) is 0 Å². The molecule has 0 radical (unpaired) electrons. The number of para-hydroxylation sites is 1. The molecule has 0 aliphatic carbocycles. The molecule has 4 heteroatoms. The summed E-state index contributed by atoms with van der Waals surface area (Å²) in [6.07, 6.45) is 0.0920. The fourth-order valence-corrected chi connectivity index (χ4v) is 2.66. The van der Waals surface area contributed by atoms with Gasteiger partial charge >= 0.3 is 0 Å². The van der Waals surface area contributed by atoms with Crippen molar-refractivity contribution in [2.75, 3.05) is 11.4 Å². The summed E-state index contributed by atoms with van der Waals surface area (Å²) in [5.74, 6) is 0.722. The molecular formula is C18H20BrNO2. The lowest BCUT2D eigenvalue weighted by molar-refractivity contribution is 0.0988. The van der Waals surface area contributed by atoms with Gasteiger partial charge in [-0.2, -0.15) is 0 Å². The van der Waals surface area contributed by atoms with Crippen molar-refractivity contribution in [3.8, 4) is 5.75 Å². The molecule has 0 unspecified atom stereocenters. The van der Waals surface area contributed by atoms with Gasteiger partial charge in [-0.1, -0.05) is 18.2 Å². The minimum absolute atomic E-state index is 0.0227. The summed E-state index contributed by atoms with van der Waals surface area (Å²) < 4.78 is 6.47. The second kappa shape index (κ2) is 7.45. The second-order valence-electron chi connectivity index (χ2n) is 5.20. The van der Waals surface area contributed by atoms with E-state index in [9.17, 15) is 4.79 Å². The molecule has 0 heterocycles. The lowest BCUT2D eigenvalue weighted by atomic mass is 10.1. The molecule has 3 nitrogen and oxygen atoms in total. The molecule has 0 atom stereocenters. The normalized spacial score (nSPS) is 10.6. The molecule has 0 N–H and O–H groups in total. The highest BCUT2D eigenvalue weighted by atomic mass is 79.9. The third-order valence-electron chi connectivity index (χ3n) is 3.17. The molecule has 2 aromatic rings. The van der Waals surface area contributed by atoms with E-state index in [4.69, 9.17) is 4.74 Å². The van der Waals surface area contributed by atoms with E-state index in [1.54, 1.807) is 11.0 Å². The zero-order chi connectivity index (χ0) is 16.1. The summed E-state index contributed by atoms with van der Waals surface area (Å²) in [5, 5.41) is 0. The molecule has 0 aromatic heterocycles. The number of ether oxygens (including phenoxy) is 1. The van der Waals surface area contributed by atoms with Crippen LogP contribution in [0.1, 0.15) is 31.1 Å². The largest absolute Gasteiger partial charge is 0.490 e. The Morgan fingerprint density at radius 1 is 1.18 bits per heavy atom. The third-order valence-corrected chi connectivity index (χ3v) is 3.79. The Bertz CT molecular complexity index is 641. The summed E-state index contributed by atoms with van der Waals surface area (Å²) in [6, 6.07) is 15.1. The number of carbonyl (C=O) groups excluding carboxylic acids is 1. The van der Waals surface area contributed by atoms with Crippen molar-refractivity contribution in [1.82, 2.24) is 0 Å². The Hall–Kier alpha value is -1.81. The Labute approximate surface area is 140 Å². The minimum atomic E-state index is -0.0227. The summed E-state index contributed by atoms with van der Waals surface area (Å²) in [5.41, 5.74) is 1.53. The molecule has 0 aliphatic rings. The van der Waals surface area contributed by atoms with Gasteiger partial charge in [0.05, 0.1) is 10.6 Å². The molecule has 2 aromatic carbocycles. The smallest absolute Gasteiger partial charge is 0.258 e. The average molecular weight is 362 g/mol. The van der Waals surface area contributed by atoms with Crippen LogP contribution in [-0.2, 0) is 0 Å². The van der Waals surface area contributed by atoms with Crippen LogP contribution in [-0.4, -0.2) is 18.6 Å². The standard InChI is InChI=1S/C18H20BrNO2/c1-4-20(15-8-6-5-7-9-15)18(21)14-10-11-17(16(19)12-14)22-13(2)3/h5-13H,4H2,1-3H3. The molecule has 0 spiro atoms. The van der Waals surface area contributed by atoms with E-state index in [0.717, 1.165) is 15.9 Å². The van der Waals surface area contributed by atoms with Gasteiger partial charge in [0, 0.05) is 17.8 Å². The molecule has 2 rings (SSSR count). The predicted molar refractivity (Wildman–Crippen MR) is 93.7 cm³/mol. The number of amides is 1. The number of carbonyl (C=O) groups is 1. The summed E-state index contributed by atoms with van der Waals surface area (Å²) in [7, 11) is 0. The minimum Gasteiger partial charge on any atom is -0.490 e. The summed E-state index contributed by atoms with van der Waals surface area (Å²) in [6.45, 7) is 6.53. The first-order valence-electron chi connectivity index (χ1n) is 7.36. The topological polar surface area (TPSA) is 29.5 Å². The summed E-state index contributed by atoms with van der Waals surface area (Å²) >= 11 is 3.48. The number of nitrogens with zero attached hydrogens (tertiary/aromatic N) is 1. The molecular weight excluding hydrogens is 342 g/mol. The molecule has 1 amide bonds. The van der Waals surface area contributed by atoms with Crippen molar-refractivity contribution in [2.24, 2.45) is 0 Å². The van der Waals surface area contributed by atoms with Gasteiger partial charge in [0.1, 0.15) is 5.75 Å². The van der Waals surface area contributed by atoms with Crippen molar-refractivity contribution in [1.29, 1.82) is 0 Å². The lowest BCUT2D eigenvalue weighted by Crippen LogP contribution is -2.30. The van der Waals surface area contributed by atoms with Crippen LogP contribution in [0.5, 0.6) is 5.75 Å². The fourth-order valence-electron chi connectivity index (χ4n) is 2.19. The van der Waals surface area contributed by atoms with Crippen molar-refractivity contribution in [2.45, 2.75) is 26.9 Å². The Morgan fingerprint density at radius 3 is 2.41 bits per heavy atom. The zero-order valence-corrected chi connectivity index (χ0v) is 14.6. The molecule has 0 bridgehead atoms. The lowest BCUT2D eigenvalue weighted by Gasteiger charge is -2.21. The molecule has 0 saturated heterocycles. The van der Waals surface area contributed by atoms with Gasteiger partial charge in [-0.25, -0.2) is 0 Å². The van der Waals surface area contributed by atoms with Gasteiger partial charge < -0.3 is 9.64 Å². The number of benzene rings is 2. The highest BCUT2D eigenvalue weighted by Crippen LogP contribution is 2.28. The fraction of sp³-hybridized carbons (Fsp3) is 0.278. The molecule has 116 valence electrons. The van der Waals surface area contributed by atoms with Gasteiger partial charge in [-0.05, 0) is 67.0 Å². The summed E-state index contributed by atoms with van der Waals surface area (Å²) in [4.78, 5) is 14.5. The number of rotatable bonds is 5. The van der Waals surface area contributed by atoms with Crippen LogP contribution in [0.3, 0.4) is 0 Å². The number of hydrogen-bond acceptors (Lipinski definition) is 2. The van der Waals surface area contributed by atoms with E-state index < -0.39 is 0 Å². The molecule has 22 heavy (non-hydrogen) atoms. The van der Waals surface area contributed by atoms with E-state index in [-0.39, 0.29) is 12.0 Å². The highest BCUT2D eigenvalue weighted by Gasteiger charge is 2.17. The van der Waals surface area contributed by atoms with E-state index in [0.29, 0.717) is 12.1 Å². The van der Waals surface area contributed by atoms with E-state index in [1.165, 1.54) is 0 Å². The van der Waals surface area contributed by atoms with Crippen molar-refractivity contribution < 1.29 is 9.53 Å². The van der Waals surface area contributed by atoms with Crippen molar-refractivity contribution >= 4 is 27.5 Å². The Balaban J connectivity index is 2.27. The first-order valence-corrected chi connectivity index (χ1v) is 8.15. The van der Waals surface area contributed by atoms with E-state index in [2.05, 4.69) is 15.9 Å². The SMILES string of the molecule is CCN(C(=O)c1ccc(OC(C)C)c(Br)c1)c1ccccc1. The van der Waals surface area contributed by atoms with Crippen LogP contribution in [0.25, 0.3) is 0 Å². The first kappa shape index (κ1) is 16.6. The number of anilines is 1. The van der Waals surface area contributed by atoms with Crippen LogP contribution in [0.2, 0.25) is 0 Å². The monoisotopic (exact) mass is 361 g/mol. The highest BCUT2D eigenvalue weighted by molar-refractivity contribution is 9.10. The first-order chi connectivity index (χ1) is 10.5. The van der Waals surface area contributed by atoms with E-state index >= 15 is 0 Å². The number of hydrogen-bond donors (Lipinski definition) is 0. The maximum atomic E-state index is 12.7. The van der Waals surface area contributed by atoms with Gasteiger partial charge in [-0.3, -0.25) is 4.79 Å². The van der Waals surface area contributed by atoms with Crippen LogP contribution in [0.15, 0.2) is 53.0 Å². The molecule has 0 fully saturated rings. The number of halogens is 1. The van der Waals surface area contributed by atoms with Gasteiger partial charge in [0.25, 0.3) is 5.91 Å². The zero-order valence-electron chi connectivity index (χ0n) is 13.0. The Kier molecular flexibility index (Phi) is 5.61. The van der Waals surface area contributed by atoms with Gasteiger partial charge in [0.15, 0.2) is 0 Å².